The van der Waals surface area contributed by atoms with Gasteiger partial charge in [-0.2, -0.15) is 0 Å². The van der Waals surface area contributed by atoms with E-state index in [-0.39, 0.29) is 12.5 Å². The summed E-state index contributed by atoms with van der Waals surface area (Å²) in [5, 5.41) is 8.74. The monoisotopic (exact) mass is 277 g/mol. The summed E-state index contributed by atoms with van der Waals surface area (Å²) in [6, 6.07) is 7.38. The molecule has 0 aliphatic carbocycles. The summed E-state index contributed by atoms with van der Waals surface area (Å²) in [6.45, 7) is 4.40. The van der Waals surface area contributed by atoms with Gasteiger partial charge in [0.1, 0.15) is 5.75 Å². The van der Waals surface area contributed by atoms with Gasteiger partial charge in [-0.05, 0) is 63.5 Å². The Morgan fingerprint density at radius 3 is 2.50 bits per heavy atom. The van der Waals surface area contributed by atoms with Crippen LogP contribution in [0.15, 0.2) is 24.3 Å². The Labute approximate surface area is 120 Å². The summed E-state index contributed by atoms with van der Waals surface area (Å²) in [5.74, 6) is 0.619. The van der Waals surface area contributed by atoms with E-state index in [4.69, 9.17) is 9.84 Å². The number of rotatable bonds is 5. The predicted molar refractivity (Wildman–Crippen MR) is 78.1 cm³/mol. The van der Waals surface area contributed by atoms with E-state index >= 15 is 0 Å². The minimum atomic E-state index is -0.807. The van der Waals surface area contributed by atoms with E-state index in [1.807, 2.05) is 24.3 Å². The van der Waals surface area contributed by atoms with Crippen LogP contribution in [0.2, 0.25) is 0 Å². The summed E-state index contributed by atoms with van der Waals surface area (Å²) in [4.78, 5) is 13.0. The Morgan fingerprint density at radius 2 is 1.95 bits per heavy atom. The van der Waals surface area contributed by atoms with Crippen LogP contribution in [0.1, 0.15) is 25.3 Å². The van der Waals surface area contributed by atoms with Crippen molar-refractivity contribution >= 4 is 5.97 Å². The number of carboxylic acids is 1. The molecule has 1 saturated heterocycles. The molecule has 2 rings (SSSR count). The molecule has 1 fully saturated rings. The van der Waals surface area contributed by atoms with E-state index in [1.165, 1.54) is 12.8 Å². The highest BCUT2D eigenvalue weighted by molar-refractivity contribution is 5.70. The molecule has 20 heavy (non-hydrogen) atoms. The highest BCUT2D eigenvalue weighted by Gasteiger charge is 2.23. The fourth-order valence-electron chi connectivity index (χ4n) is 2.67. The lowest BCUT2D eigenvalue weighted by Gasteiger charge is -2.32. The fraction of sp³-hybridized carbons (Fsp3) is 0.562. The maximum atomic E-state index is 10.6. The number of hydrogen-bond donors (Lipinski definition) is 1. The van der Waals surface area contributed by atoms with Gasteiger partial charge in [0.2, 0.25) is 0 Å². The van der Waals surface area contributed by atoms with Gasteiger partial charge in [0.15, 0.2) is 0 Å². The smallest absolute Gasteiger partial charge is 0.307 e. The molecule has 0 amide bonds. The molecule has 1 atom stereocenters. The van der Waals surface area contributed by atoms with E-state index in [0.717, 1.165) is 24.4 Å². The maximum Gasteiger partial charge on any atom is 0.307 e. The Bertz CT molecular complexity index is 436. The first kappa shape index (κ1) is 14.9. The quantitative estimate of drug-likeness (QED) is 0.898. The molecule has 0 aromatic heterocycles. The van der Waals surface area contributed by atoms with Crippen LogP contribution in [0.4, 0.5) is 0 Å². The lowest BCUT2D eigenvalue weighted by Crippen LogP contribution is -2.36. The molecule has 1 unspecified atom stereocenters. The zero-order valence-corrected chi connectivity index (χ0v) is 12.2. The lowest BCUT2D eigenvalue weighted by atomic mass is 9.92. The maximum absolute atomic E-state index is 10.6. The molecular weight excluding hydrogens is 254 g/mol. The SMILES string of the molecule is CC(Oc1ccc(CC(=O)O)cc1)C1CCN(C)CC1. The molecule has 0 saturated carbocycles. The van der Waals surface area contributed by atoms with Crippen LogP contribution in [-0.4, -0.2) is 42.2 Å². The number of nitrogens with zero attached hydrogens (tertiary/aromatic N) is 1. The Morgan fingerprint density at radius 1 is 1.35 bits per heavy atom. The fourth-order valence-corrected chi connectivity index (χ4v) is 2.67. The van der Waals surface area contributed by atoms with Crippen LogP contribution in [-0.2, 0) is 11.2 Å². The van der Waals surface area contributed by atoms with Gasteiger partial charge in [-0.15, -0.1) is 0 Å². The molecular formula is C16H23NO3. The van der Waals surface area contributed by atoms with Gasteiger partial charge in [0, 0.05) is 0 Å². The Hall–Kier alpha value is -1.55. The van der Waals surface area contributed by atoms with Crippen molar-refractivity contribution < 1.29 is 14.6 Å². The van der Waals surface area contributed by atoms with Gasteiger partial charge in [-0.25, -0.2) is 0 Å². The highest BCUT2D eigenvalue weighted by atomic mass is 16.5. The third-order valence-electron chi connectivity index (χ3n) is 4.03. The third-order valence-corrected chi connectivity index (χ3v) is 4.03. The molecule has 0 spiro atoms. The van der Waals surface area contributed by atoms with Crippen molar-refractivity contribution in [3.8, 4) is 5.75 Å². The van der Waals surface area contributed by atoms with Crippen molar-refractivity contribution in [1.82, 2.24) is 4.90 Å². The third kappa shape index (κ3) is 4.23. The molecule has 1 heterocycles. The van der Waals surface area contributed by atoms with Crippen LogP contribution < -0.4 is 4.74 Å². The lowest BCUT2D eigenvalue weighted by molar-refractivity contribution is -0.136. The summed E-state index contributed by atoms with van der Waals surface area (Å²) in [5.41, 5.74) is 0.803. The molecule has 4 nitrogen and oxygen atoms in total. The number of likely N-dealkylation sites (tertiary alicyclic amines) is 1. The molecule has 1 N–H and O–H groups in total. The number of carbonyl (C=O) groups is 1. The van der Waals surface area contributed by atoms with E-state index in [9.17, 15) is 4.79 Å². The second kappa shape index (κ2) is 6.75. The van der Waals surface area contributed by atoms with Crippen LogP contribution in [0.5, 0.6) is 5.75 Å². The number of benzene rings is 1. The van der Waals surface area contributed by atoms with Crippen LogP contribution >= 0.6 is 0 Å². The largest absolute Gasteiger partial charge is 0.490 e. The first-order valence-corrected chi connectivity index (χ1v) is 7.20. The van der Waals surface area contributed by atoms with Gasteiger partial charge >= 0.3 is 5.97 Å². The second-order valence-electron chi connectivity index (χ2n) is 5.68. The standard InChI is InChI=1S/C16H23NO3/c1-12(14-7-9-17(2)10-8-14)20-15-5-3-13(4-6-15)11-16(18)19/h3-6,12,14H,7-11H2,1-2H3,(H,18,19). The number of hydrogen-bond acceptors (Lipinski definition) is 3. The Balaban J connectivity index is 1.87. The average molecular weight is 277 g/mol. The molecule has 0 bridgehead atoms. The van der Waals surface area contributed by atoms with Crippen molar-refractivity contribution in [2.75, 3.05) is 20.1 Å². The van der Waals surface area contributed by atoms with Gasteiger partial charge in [0.25, 0.3) is 0 Å². The molecule has 110 valence electrons. The first-order chi connectivity index (χ1) is 9.54. The highest BCUT2D eigenvalue weighted by Crippen LogP contribution is 2.24. The van der Waals surface area contributed by atoms with Gasteiger partial charge in [-0.1, -0.05) is 12.1 Å². The van der Waals surface area contributed by atoms with Crippen molar-refractivity contribution in [2.24, 2.45) is 5.92 Å². The summed E-state index contributed by atoms with van der Waals surface area (Å²) >= 11 is 0. The first-order valence-electron chi connectivity index (χ1n) is 7.20. The van der Waals surface area contributed by atoms with E-state index in [2.05, 4.69) is 18.9 Å². The summed E-state index contributed by atoms with van der Waals surface area (Å²) in [7, 11) is 2.16. The molecule has 1 aromatic rings. The topological polar surface area (TPSA) is 49.8 Å². The number of ether oxygens (including phenoxy) is 1. The van der Waals surface area contributed by atoms with Crippen LogP contribution in [0.25, 0.3) is 0 Å². The summed E-state index contributed by atoms with van der Waals surface area (Å²) < 4.78 is 5.98. The predicted octanol–water partition coefficient (Wildman–Crippen LogP) is 2.42. The van der Waals surface area contributed by atoms with E-state index in [1.54, 1.807) is 0 Å². The average Bonchev–Trinajstić information content (AvgIpc) is 2.41. The van der Waals surface area contributed by atoms with Crippen LogP contribution in [0.3, 0.4) is 0 Å². The Kier molecular flexibility index (Phi) is 5.01. The normalized spacial score (nSPS) is 18.7. The van der Waals surface area contributed by atoms with Gasteiger partial charge in [0.05, 0.1) is 12.5 Å². The van der Waals surface area contributed by atoms with Crippen molar-refractivity contribution in [3.05, 3.63) is 29.8 Å². The number of aliphatic carboxylic acids is 1. The summed E-state index contributed by atoms with van der Waals surface area (Å²) in [6.07, 6.45) is 2.61. The molecule has 1 aliphatic rings. The zero-order chi connectivity index (χ0) is 14.5. The number of piperidine rings is 1. The number of carboxylic acid groups (broad SMARTS) is 1. The molecule has 1 aromatic carbocycles. The molecule has 1 aliphatic heterocycles. The van der Waals surface area contributed by atoms with E-state index in [0.29, 0.717) is 5.92 Å². The second-order valence-corrected chi connectivity index (χ2v) is 5.68. The van der Waals surface area contributed by atoms with Crippen LogP contribution in [0, 0.1) is 5.92 Å². The minimum absolute atomic E-state index is 0.0603. The van der Waals surface area contributed by atoms with Crippen molar-refractivity contribution in [1.29, 1.82) is 0 Å². The molecule has 4 heteroatoms. The van der Waals surface area contributed by atoms with Gasteiger partial charge < -0.3 is 14.7 Å². The van der Waals surface area contributed by atoms with Gasteiger partial charge in [-0.3, -0.25) is 4.79 Å². The minimum Gasteiger partial charge on any atom is -0.490 e. The molecule has 0 radical (unpaired) electrons. The van der Waals surface area contributed by atoms with E-state index < -0.39 is 5.97 Å². The van der Waals surface area contributed by atoms with Crippen molar-refractivity contribution in [2.45, 2.75) is 32.3 Å². The zero-order valence-electron chi connectivity index (χ0n) is 12.2. The van der Waals surface area contributed by atoms with Crippen molar-refractivity contribution in [3.63, 3.8) is 0 Å².